The maximum absolute atomic E-state index is 5.81. The van der Waals surface area contributed by atoms with Gasteiger partial charge in [0, 0.05) is 6.04 Å². The smallest absolute Gasteiger partial charge is 0.227 e. The van der Waals surface area contributed by atoms with Gasteiger partial charge < -0.3 is 10.2 Å². The van der Waals surface area contributed by atoms with Crippen LogP contribution in [-0.4, -0.2) is 19.7 Å². The predicted octanol–water partition coefficient (Wildman–Crippen LogP) is 2.28. The zero-order valence-corrected chi connectivity index (χ0v) is 12.0. The summed E-state index contributed by atoms with van der Waals surface area (Å²) in [6.45, 7) is 6.19. The van der Waals surface area contributed by atoms with Crippen LogP contribution in [0, 0.1) is 0 Å². The zero-order valence-electron chi connectivity index (χ0n) is 12.0. The molecule has 0 fully saturated rings. The van der Waals surface area contributed by atoms with Crippen molar-refractivity contribution in [1.29, 1.82) is 0 Å². The Morgan fingerprint density at radius 1 is 1.40 bits per heavy atom. The molecule has 108 valence electrons. The number of nitrogen functional groups attached to an aromatic ring is 1. The number of anilines is 1. The molecular formula is C13H20N6O. The Bertz CT molecular complexity index is 566. The number of hydrazine groups is 1. The van der Waals surface area contributed by atoms with Crippen LogP contribution in [0.4, 0.5) is 5.82 Å². The van der Waals surface area contributed by atoms with Gasteiger partial charge in [0.05, 0.1) is 18.0 Å². The Balaban J connectivity index is 2.27. The van der Waals surface area contributed by atoms with Crippen LogP contribution in [0.15, 0.2) is 18.7 Å². The maximum atomic E-state index is 5.81. The van der Waals surface area contributed by atoms with Gasteiger partial charge in [-0.2, -0.15) is 5.10 Å². The number of rotatable bonds is 6. The molecular weight excluding hydrogens is 256 g/mol. The van der Waals surface area contributed by atoms with E-state index in [2.05, 4.69) is 41.3 Å². The number of ether oxygens (including phenoxy) is 1. The SMILES string of the molecule is CCCc1c(NN)ncnc1Oc1cnn(C(C)C)c1. The monoisotopic (exact) mass is 276 g/mol. The average molecular weight is 276 g/mol. The number of hydrogen-bond acceptors (Lipinski definition) is 6. The van der Waals surface area contributed by atoms with Crippen LogP contribution in [0.25, 0.3) is 0 Å². The van der Waals surface area contributed by atoms with Gasteiger partial charge in [-0.15, -0.1) is 0 Å². The highest BCUT2D eigenvalue weighted by atomic mass is 16.5. The molecule has 0 saturated heterocycles. The van der Waals surface area contributed by atoms with Gasteiger partial charge in [-0.3, -0.25) is 4.68 Å². The fourth-order valence-corrected chi connectivity index (χ4v) is 1.85. The number of hydrogen-bond donors (Lipinski definition) is 2. The van der Waals surface area contributed by atoms with Crippen molar-refractivity contribution in [2.45, 2.75) is 39.7 Å². The van der Waals surface area contributed by atoms with Crippen molar-refractivity contribution in [2.24, 2.45) is 5.84 Å². The van der Waals surface area contributed by atoms with Crippen molar-refractivity contribution >= 4 is 5.82 Å². The van der Waals surface area contributed by atoms with Crippen LogP contribution < -0.4 is 16.0 Å². The second-order valence-electron chi connectivity index (χ2n) is 4.75. The molecule has 0 atom stereocenters. The van der Waals surface area contributed by atoms with Crippen molar-refractivity contribution in [2.75, 3.05) is 5.43 Å². The summed E-state index contributed by atoms with van der Waals surface area (Å²) in [7, 11) is 0. The van der Waals surface area contributed by atoms with E-state index < -0.39 is 0 Å². The van der Waals surface area contributed by atoms with Crippen molar-refractivity contribution < 1.29 is 4.74 Å². The molecule has 0 amide bonds. The number of aromatic nitrogens is 4. The van der Waals surface area contributed by atoms with E-state index in [9.17, 15) is 0 Å². The quantitative estimate of drug-likeness (QED) is 0.621. The van der Waals surface area contributed by atoms with Gasteiger partial charge in [0.2, 0.25) is 5.88 Å². The molecule has 0 saturated carbocycles. The highest BCUT2D eigenvalue weighted by molar-refractivity contribution is 5.48. The molecule has 7 nitrogen and oxygen atoms in total. The number of nitrogens with zero attached hydrogens (tertiary/aromatic N) is 4. The molecule has 0 aliphatic carbocycles. The normalized spacial score (nSPS) is 10.8. The minimum absolute atomic E-state index is 0.286. The van der Waals surface area contributed by atoms with Crippen LogP contribution in [0.5, 0.6) is 11.6 Å². The van der Waals surface area contributed by atoms with Gasteiger partial charge in [0.1, 0.15) is 12.1 Å². The van der Waals surface area contributed by atoms with E-state index in [0.717, 1.165) is 18.4 Å². The maximum Gasteiger partial charge on any atom is 0.227 e. The Hall–Kier alpha value is -2.15. The Labute approximate surface area is 118 Å². The van der Waals surface area contributed by atoms with E-state index in [1.165, 1.54) is 6.33 Å². The molecule has 0 unspecified atom stereocenters. The Kier molecular flexibility index (Phi) is 4.52. The molecule has 3 N–H and O–H groups in total. The molecule has 20 heavy (non-hydrogen) atoms. The van der Waals surface area contributed by atoms with E-state index in [4.69, 9.17) is 10.6 Å². The lowest BCUT2D eigenvalue weighted by Gasteiger charge is -2.11. The largest absolute Gasteiger partial charge is 0.435 e. The molecule has 0 aromatic carbocycles. The second kappa shape index (κ2) is 6.33. The standard InChI is InChI=1S/C13H20N6O/c1-4-5-11-12(18-14)15-8-16-13(11)20-10-6-17-19(7-10)9(2)3/h6-9H,4-5,14H2,1-3H3,(H,15,16,18). The Morgan fingerprint density at radius 2 is 2.20 bits per heavy atom. The van der Waals surface area contributed by atoms with E-state index in [1.807, 2.05) is 10.9 Å². The molecule has 2 aromatic heterocycles. The minimum atomic E-state index is 0.286. The summed E-state index contributed by atoms with van der Waals surface area (Å²) in [5.74, 6) is 7.23. The lowest BCUT2D eigenvalue weighted by Crippen LogP contribution is -2.12. The van der Waals surface area contributed by atoms with Gasteiger partial charge in [-0.05, 0) is 20.3 Å². The fourth-order valence-electron chi connectivity index (χ4n) is 1.85. The van der Waals surface area contributed by atoms with Crippen LogP contribution in [0.3, 0.4) is 0 Å². The van der Waals surface area contributed by atoms with Crippen molar-refractivity contribution in [3.63, 3.8) is 0 Å². The first kappa shape index (κ1) is 14.3. The summed E-state index contributed by atoms with van der Waals surface area (Å²) in [6.07, 6.45) is 6.68. The lowest BCUT2D eigenvalue weighted by atomic mass is 10.2. The fraction of sp³-hybridized carbons (Fsp3) is 0.462. The van der Waals surface area contributed by atoms with Crippen molar-refractivity contribution in [1.82, 2.24) is 19.7 Å². The molecule has 2 aromatic rings. The summed E-state index contributed by atoms with van der Waals surface area (Å²) in [5.41, 5.74) is 3.45. The summed E-state index contributed by atoms with van der Waals surface area (Å²) < 4.78 is 7.64. The van der Waals surface area contributed by atoms with E-state index in [-0.39, 0.29) is 6.04 Å². The summed E-state index contributed by atoms with van der Waals surface area (Å²) in [4.78, 5) is 8.29. The average Bonchev–Trinajstić information content (AvgIpc) is 2.89. The molecule has 0 aliphatic heterocycles. The van der Waals surface area contributed by atoms with Crippen LogP contribution >= 0.6 is 0 Å². The van der Waals surface area contributed by atoms with E-state index in [1.54, 1.807) is 6.20 Å². The third kappa shape index (κ3) is 3.05. The van der Waals surface area contributed by atoms with E-state index >= 15 is 0 Å². The molecule has 0 radical (unpaired) electrons. The summed E-state index contributed by atoms with van der Waals surface area (Å²) in [5, 5.41) is 4.24. The van der Waals surface area contributed by atoms with Crippen molar-refractivity contribution in [3.8, 4) is 11.6 Å². The molecule has 0 aliphatic rings. The van der Waals surface area contributed by atoms with E-state index in [0.29, 0.717) is 17.4 Å². The molecule has 0 spiro atoms. The first-order valence-corrected chi connectivity index (χ1v) is 6.68. The predicted molar refractivity (Wildman–Crippen MR) is 76.5 cm³/mol. The minimum Gasteiger partial charge on any atom is -0.435 e. The summed E-state index contributed by atoms with van der Waals surface area (Å²) >= 11 is 0. The molecule has 0 bridgehead atoms. The lowest BCUT2D eigenvalue weighted by molar-refractivity contribution is 0.451. The molecule has 2 rings (SSSR count). The third-order valence-electron chi connectivity index (χ3n) is 2.86. The third-order valence-corrected chi connectivity index (χ3v) is 2.86. The second-order valence-corrected chi connectivity index (χ2v) is 4.75. The molecule has 7 heteroatoms. The van der Waals surface area contributed by atoms with Crippen LogP contribution in [0.1, 0.15) is 38.8 Å². The molecule has 2 heterocycles. The first-order valence-electron chi connectivity index (χ1n) is 6.68. The topological polar surface area (TPSA) is 90.9 Å². The van der Waals surface area contributed by atoms with Crippen molar-refractivity contribution in [3.05, 3.63) is 24.3 Å². The zero-order chi connectivity index (χ0) is 14.5. The van der Waals surface area contributed by atoms with Gasteiger partial charge in [-0.1, -0.05) is 13.3 Å². The van der Waals surface area contributed by atoms with Gasteiger partial charge in [-0.25, -0.2) is 15.8 Å². The highest BCUT2D eigenvalue weighted by Crippen LogP contribution is 2.27. The van der Waals surface area contributed by atoms with Crippen LogP contribution in [0.2, 0.25) is 0 Å². The van der Waals surface area contributed by atoms with Crippen LogP contribution in [-0.2, 0) is 6.42 Å². The highest BCUT2D eigenvalue weighted by Gasteiger charge is 2.13. The first-order chi connectivity index (χ1) is 9.65. The summed E-state index contributed by atoms with van der Waals surface area (Å²) in [6, 6.07) is 0.286. The number of nitrogens with two attached hydrogens (primary N) is 1. The number of nitrogens with one attached hydrogen (secondary N) is 1. The van der Waals surface area contributed by atoms with Gasteiger partial charge >= 0.3 is 0 Å². The Morgan fingerprint density at radius 3 is 2.80 bits per heavy atom. The van der Waals surface area contributed by atoms with Gasteiger partial charge in [0.25, 0.3) is 0 Å². The van der Waals surface area contributed by atoms with Gasteiger partial charge in [0.15, 0.2) is 5.75 Å².